The minimum Gasteiger partial charge on any atom is -0.506 e. The topological polar surface area (TPSA) is 113 Å². The number of rotatable bonds is 7. The maximum atomic E-state index is 12.5. The first-order chi connectivity index (χ1) is 16.9. The largest absolute Gasteiger partial charge is 0.506 e. The van der Waals surface area contributed by atoms with Crippen LogP contribution in [0.5, 0.6) is 11.5 Å². The molecule has 1 saturated heterocycles. The molecule has 184 valence electrons. The van der Waals surface area contributed by atoms with Gasteiger partial charge in [0.15, 0.2) is 5.16 Å². The molecule has 0 radical (unpaired) electrons. The van der Waals surface area contributed by atoms with E-state index in [2.05, 4.69) is 30.8 Å². The van der Waals surface area contributed by atoms with Gasteiger partial charge < -0.3 is 29.2 Å². The van der Waals surface area contributed by atoms with Crippen LogP contribution in [-0.2, 0) is 24.1 Å². The molecule has 0 spiro atoms. The minimum atomic E-state index is -1.02. The lowest BCUT2D eigenvalue weighted by molar-refractivity contribution is 0.0340. The van der Waals surface area contributed by atoms with Crippen molar-refractivity contribution in [1.82, 2.24) is 19.4 Å². The predicted molar refractivity (Wildman–Crippen MR) is 138 cm³/mol. The lowest BCUT2D eigenvalue weighted by Gasteiger charge is -2.27. The molecule has 0 bridgehead atoms. The number of nitrogens with one attached hydrogen (secondary N) is 1. The highest BCUT2D eigenvalue weighted by Crippen LogP contribution is 2.41. The third kappa shape index (κ3) is 4.49. The Bertz CT molecular complexity index is 1430. The summed E-state index contributed by atoms with van der Waals surface area (Å²) in [7, 11) is 3.47. The number of aromatic amines is 1. The number of aromatic nitrogens is 3. The number of phenols is 1. The molecule has 2 aromatic heterocycles. The molecule has 4 aromatic rings. The molecule has 0 aliphatic carbocycles. The number of thioether (sulfide) groups is 1. The zero-order valence-corrected chi connectivity index (χ0v) is 21.7. The Kier molecular flexibility index (Phi) is 6.67. The third-order valence-electron chi connectivity index (χ3n) is 6.35. The molecule has 11 heteroatoms. The number of morpholine rings is 1. The van der Waals surface area contributed by atoms with Gasteiger partial charge in [0, 0.05) is 55.1 Å². The maximum Gasteiger partial charge on any atom is 0.338 e. The molecule has 3 heterocycles. The first-order valence-corrected chi connectivity index (χ1v) is 12.9. The standard InChI is InChI=1S/C24H25BrN4O5S/c1-28-18-10-15(25)22(30)14(11-29-5-7-34-8-6-29)20(18)21(23(31)32)19(28)12-35-24-26-16-4-3-13(33-2)9-17(16)27-24/h3-4,9-10,30H,5-8,11-12H2,1-2H3,(H,26,27)(H,31,32). The van der Waals surface area contributed by atoms with Crippen LogP contribution in [0, 0.1) is 0 Å². The van der Waals surface area contributed by atoms with Gasteiger partial charge in [0.2, 0.25) is 0 Å². The highest BCUT2D eigenvalue weighted by Gasteiger charge is 2.27. The average molecular weight is 561 g/mol. The van der Waals surface area contributed by atoms with Crippen molar-refractivity contribution < 1.29 is 24.5 Å². The van der Waals surface area contributed by atoms with Crippen molar-refractivity contribution in [3.63, 3.8) is 0 Å². The number of benzene rings is 2. The summed E-state index contributed by atoms with van der Waals surface area (Å²) in [5, 5.41) is 22.4. The van der Waals surface area contributed by atoms with Gasteiger partial charge in [-0.3, -0.25) is 4.90 Å². The predicted octanol–water partition coefficient (Wildman–Crippen LogP) is 4.35. The smallest absolute Gasteiger partial charge is 0.338 e. The minimum absolute atomic E-state index is 0.0718. The zero-order chi connectivity index (χ0) is 24.7. The van der Waals surface area contributed by atoms with E-state index in [1.165, 1.54) is 11.8 Å². The van der Waals surface area contributed by atoms with E-state index in [4.69, 9.17) is 9.47 Å². The van der Waals surface area contributed by atoms with E-state index in [0.717, 1.165) is 35.4 Å². The summed E-state index contributed by atoms with van der Waals surface area (Å²) in [6.07, 6.45) is 0. The Morgan fingerprint density at radius 3 is 2.80 bits per heavy atom. The van der Waals surface area contributed by atoms with Crippen LogP contribution < -0.4 is 4.74 Å². The van der Waals surface area contributed by atoms with Gasteiger partial charge in [-0.25, -0.2) is 9.78 Å². The summed E-state index contributed by atoms with van der Waals surface area (Å²) in [5.41, 5.74) is 3.88. The number of ether oxygens (including phenoxy) is 2. The number of carbonyl (C=O) groups is 1. The second kappa shape index (κ2) is 9.73. The molecule has 1 aliphatic rings. The number of halogens is 1. The van der Waals surface area contributed by atoms with Gasteiger partial charge in [-0.1, -0.05) is 11.8 Å². The van der Waals surface area contributed by atoms with E-state index in [1.54, 1.807) is 13.2 Å². The lowest BCUT2D eigenvalue weighted by atomic mass is 10.0. The van der Waals surface area contributed by atoms with Crippen LogP contribution in [0.4, 0.5) is 0 Å². The highest BCUT2D eigenvalue weighted by molar-refractivity contribution is 9.10. The van der Waals surface area contributed by atoms with Crippen LogP contribution in [0.25, 0.3) is 21.9 Å². The maximum absolute atomic E-state index is 12.5. The number of carboxylic acids is 1. The van der Waals surface area contributed by atoms with Crippen molar-refractivity contribution in [2.75, 3.05) is 33.4 Å². The molecule has 5 rings (SSSR count). The molecular formula is C24H25BrN4O5S. The molecule has 2 aromatic carbocycles. The van der Waals surface area contributed by atoms with E-state index in [1.807, 2.05) is 29.8 Å². The molecule has 3 N–H and O–H groups in total. The number of H-pyrrole nitrogens is 1. The van der Waals surface area contributed by atoms with E-state index >= 15 is 0 Å². The number of nitrogens with zero attached hydrogens (tertiary/aromatic N) is 3. The van der Waals surface area contributed by atoms with Gasteiger partial charge in [-0.05, 0) is 34.1 Å². The van der Waals surface area contributed by atoms with Crippen molar-refractivity contribution in [2.45, 2.75) is 17.5 Å². The number of hydrogen-bond donors (Lipinski definition) is 3. The lowest BCUT2D eigenvalue weighted by Crippen LogP contribution is -2.35. The Balaban J connectivity index is 1.55. The summed E-state index contributed by atoms with van der Waals surface area (Å²) in [6.45, 7) is 3.12. The SMILES string of the molecule is COc1ccc2nc(SCc3c(C(=O)O)c4c(CN5CCOCC5)c(O)c(Br)cc4n3C)[nH]c2c1. The first kappa shape index (κ1) is 24.0. The van der Waals surface area contributed by atoms with Crippen molar-refractivity contribution in [1.29, 1.82) is 0 Å². The average Bonchev–Trinajstić information content (AvgIpc) is 3.38. The van der Waals surface area contributed by atoms with Crippen molar-refractivity contribution in [3.8, 4) is 11.5 Å². The molecule has 35 heavy (non-hydrogen) atoms. The summed E-state index contributed by atoms with van der Waals surface area (Å²) in [4.78, 5) is 22.6. The molecule has 0 saturated carbocycles. The Morgan fingerprint density at radius 2 is 2.09 bits per heavy atom. The van der Waals surface area contributed by atoms with Crippen LogP contribution in [-0.4, -0.2) is 69.0 Å². The summed E-state index contributed by atoms with van der Waals surface area (Å²) < 4.78 is 13.2. The number of fused-ring (bicyclic) bond motifs is 2. The number of aryl methyl sites for hydroxylation is 1. The number of carboxylic acid groups (broad SMARTS) is 1. The van der Waals surface area contributed by atoms with Crippen molar-refractivity contribution >= 4 is 55.6 Å². The Labute approximate surface area is 214 Å². The second-order valence-corrected chi connectivity index (χ2v) is 10.2. The van der Waals surface area contributed by atoms with E-state index in [-0.39, 0.29) is 11.3 Å². The monoisotopic (exact) mass is 560 g/mol. The van der Waals surface area contributed by atoms with Gasteiger partial charge in [-0.2, -0.15) is 0 Å². The van der Waals surface area contributed by atoms with E-state index in [9.17, 15) is 15.0 Å². The molecular weight excluding hydrogens is 536 g/mol. The van der Waals surface area contributed by atoms with Crippen LogP contribution in [0.3, 0.4) is 0 Å². The molecule has 1 fully saturated rings. The van der Waals surface area contributed by atoms with Crippen LogP contribution >= 0.6 is 27.7 Å². The van der Waals surface area contributed by atoms with Crippen molar-refractivity contribution in [2.24, 2.45) is 7.05 Å². The zero-order valence-electron chi connectivity index (χ0n) is 19.3. The Hall–Kier alpha value is -2.73. The van der Waals surface area contributed by atoms with Gasteiger partial charge in [0.05, 0.1) is 46.9 Å². The van der Waals surface area contributed by atoms with Gasteiger partial charge >= 0.3 is 5.97 Å². The fourth-order valence-electron chi connectivity index (χ4n) is 4.51. The molecule has 0 unspecified atom stereocenters. The molecule has 0 atom stereocenters. The summed E-state index contributed by atoms with van der Waals surface area (Å²) >= 11 is 4.89. The van der Waals surface area contributed by atoms with Crippen LogP contribution in [0.1, 0.15) is 21.6 Å². The fourth-order valence-corrected chi connectivity index (χ4v) is 5.92. The van der Waals surface area contributed by atoms with E-state index < -0.39 is 5.97 Å². The van der Waals surface area contributed by atoms with Crippen LogP contribution in [0.2, 0.25) is 0 Å². The molecule has 9 nitrogen and oxygen atoms in total. The van der Waals surface area contributed by atoms with Gasteiger partial charge in [0.1, 0.15) is 11.5 Å². The normalized spacial score (nSPS) is 14.7. The number of methoxy groups -OCH3 is 1. The number of aromatic carboxylic acids is 1. The number of phenolic OH excluding ortho intramolecular Hbond substituents is 1. The molecule has 0 amide bonds. The number of hydrogen-bond acceptors (Lipinski definition) is 7. The van der Waals surface area contributed by atoms with Gasteiger partial charge in [0.25, 0.3) is 0 Å². The summed E-state index contributed by atoms with van der Waals surface area (Å²) in [5.74, 6) is 0.171. The summed E-state index contributed by atoms with van der Waals surface area (Å²) in [6, 6.07) is 7.39. The first-order valence-electron chi connectivity index (χ1n) is 11.1. The highest BCUT2D eigenvalue weighted by atomic mass is 79.9. The fraction of sp³-hybridized carbons (Fsp3) is 0.333. The number of imidazole rings is 1. The van der Waals surface area contributed by atoms with Gasteiger partial charge in [-0.15, -0.1) is 0 Å². The Morgan fingerprint density at radius 1 is 1.31 bits per heavy atom. The number of aromatic hydroxyl groups is 1. The van der Waals surface area contributed by atoms with Crippen LogP contribution in [0.15, 0.2) is 33.9 Å². The quantitative estimate of drug-likeness (QED) is 0.286. The second-order valence-electron chi connectivity index (χ2n) is 8.37. The van der Waals surface area contributed by atoms with Crippen molar-refractivity contribution in [3.05, 3.63) is 45.6 Å². The van der Waals surface area contributed by atoms with E-state index in [0.29, 0.717) is 51.8 Å². The third-order valence-corrected chi connectivity index (χ3v) is 7.84. The molecule has 1 aliphatic heterocycles.